The van der Waals surface area contributed by atoms with Gasteiger partial charge in [-0.15, -0.1) is 0 Å². The summed E-state index contributed by atoms with van der Waals surface area (Å²) in [5.41, 5.74) is 9.71. The fourth-order valence-electron chi connectivity index (χ4n) is 2.11. The van der Waals surface area contributed by atoms with Crippen molar-refractivity contribution in [3.05, 3.63) is 60.3 Å². The molecule has 3 rings (SSSR count). The topological polar surface area (TPSA) is 74.7 Å². The highest BCUT2D eigenvalue weighted by Gasteiger charge is 2.06. The molecule has 3 aromatic rings. The Labute approximate surface area is 116 Å². The number of pyridine rings is 1. The molecule has 1 heterocycles. The molecule has 1 aromatic heterocycles. The minimum atomic E-state index is 0.575. The minimum absolute atomic E-state index is 0.575. The van der Waals surface area contributed by atoms with E-state index in [0.717, 1.165) is 22.3 Å². The van der Waals surface area contributed by atoms with Gasteiger partial charge in [0.25, 0.3) is 0 Å². The Kier molecular flexibility index (Phi) is 2.94. The van der Waals surface area contributed by atoms with Crippen LogP contribution < -0.4 is 11.1 Å². The second-order valence-electron chi connectivity index (χ2n) is 4.42. The van der Waals surface area contributed by atoms with Crippen LogP contribution in [0.5, 0.6) is 0 Å². The number of aromatic nitrogens is 1. The lowest BCUT2D eigenvalue weighted by Crippen LogP contribution is -1.99. The normalized spacial score (nSPS) is 10.2. The van der Waals surface area contributed by atoms with Crippen LogP contribution in [0.1, 0.15) is 5.56 Å². The average Bonchev–Trinajstić information content (AvgIpc) is 2.50. The second kappa shape index (κ2) is 4.90. The number of nitrogens with zero attached hydrogens (tertiary/aromatic N) is 2. The maximum Gasteiger partial charge on any atom is 0.0992 e. The number of nitrogen functional groups attached to an aromatic ring is 1. The highest BCUT2D eigenvalue weighted by Crippen LogP contribution is 2.30. The van der Waals surface area contributed by atoms with E-state index in [2.05, 4.69) is 16.4 Å². The van der Waals surface area contributed by atoms with Gasteiger partial charge in [-0.25, -0.2) is 0 Å². The number of hydrogen-bond acceptors (Lipinski definition) is 4. The molecule has 4 heteroatoms. The van der Waals surface area contributed by atoms with Crippen LogP contribution in [0.3, 0.4) is 0 Å². The van der Waals surface area contributed by atoms with Crippen molar-refractivity contribution in [3.8, 4) is 6.07 Å². The molecule has 0 bridgehead atoms. The SMILES string of the molecule is N#Cc1cccc(Nc2c(N)cnc3ccccc23)c1. The summed E-state index contributed by atoms with van der Waals surface area (Å²) in [5, 5.41) is 13.2. The molecule has 0 aliphatic carbocycles. The Morgan fingerprint density at radius 3 is 2.80 bits per heavy atom. The van der Waals surface area contributed by atoms with Crippen molar-refractivity contribution >= 4 is 28.0 Å². The number of nitrogens with two attached hydrogens (primary N) is 1. The van der Waals surface area contributed by atoms with Gasteiger partial charge in [-0.05, 0) is 24.3 Å². The van der Waals surface area contributed by atoms with Crippen LogP contribution >= 0.6 is 0 Å². The minimum Gasteiger partial charge on any atom is -0.396 e. The highest BCUT2D eigenvalue weighted by atomic mass is 14.9. The molecular weight excluding hydrogens is 248 g/mol. The number of fused-ring (bicyclic) bond motifs is 1. The van der Waals surface area contributed by atoms with Gasteiger partial charge in [0, 0.05) is 11.1 Å². The van der Waals surface area contributed by atoms with Gasteiger partial charge in [-0.3, -0.25) is 4.98 Å². The number of nitriles is 1. The third-order valence-corrected chi connectivity index (χ3v) is 3.07. The third kappa shape index (κ3) is 2.13. The summed E-state index contributed by atoms with van der Waals surface area (Å²) in [6.45, 7) is 0. The van der Waals surface area contributed by atoms with E-state index < -0.39 is 0 Å². The van der Waals surface area contributed by atoms with E-state index in [4.69, 9.17) is 11.0 Å². The van der Waals surface area contributed by atoms with E-state index in [1.807, 2.05) is 36.4 Å². The summed E-state index contributed by atoms with van der Waals surface area (Å²) in [4.78, 5) is 4.30. The van der Waals surface area contributed by atoms with Gasteiger partial charge in [-0.2, -0.15) is 5.26 Å². The molecule has 0 saturated heterocycles. The zero-order chi connectivity index (χ0) is 13.9. The van der Waals surface area contributed by atoms with E-state index >= 15 is 0 Å². The van der Waals surface area contributed by atoms with E-state index in [9.17, 15) is 0 Å². The quantitative estimate of drug-likeness (QED) is 0.740. The molecular formula is C16H12N4. The van der Waals surface area contributed by atoms with Gasteiger partial charge in [0.15, 0.2) is 0 Å². The Morgan fingerprint density at radius 1 is 1.10 bits per heavy atom. The largest absolute Gasteiger partial charge is 0.396 e. The van der Waals surface area contributed by atoms with Crippen molar-refractivity contribution in [1.29, 1.82) is 5.26 Å². The Balaban J connectivity index is 2.10. The molecule has 0 unspecified atom stereocenters. The molecule has 2 aromatic carbocycles. The van der Waals surface area contributed by atoms with E-state index in [1.165, 1.54) is 0 Å². The Morgan fingerprint density at radius 2 is 1.95 bits per heavy atom. The number of para-hydroxylation sites is 1. The highest BCUT2D eigenvalue weighted by molar-refractivity contribution is 5.98. The summed E-state index contributed by atoms with van der Waals surface area (Å²) in [6.07, 6.45) is 1.64. The molecule has 0 amide bonds. The van der Waals surface area contributed by atoms with Gasteiger partial charge >= 0.3 is 0 Å². The molecule has 0 spiro atoms. The fraction of sp³-hybridized carbons (Fsp3) is 0. The molecule has 3 N–H and O–H groups in total. The van der Waals surface area contributed by atoms with Crippen LogP contribution in [0.25, 0.3) is 10.9 Å². The average molecular weight is 260 g/mol. The van der Waals surface area contributed by atoms with Crippen LogP contribution in [-0.2, 0) is 0 Å². The number of nitrogens with one attached hydrogen (secondary N) is 1. The van der Waals surface area contributed by atoms with Crippen molar-refractivity contribution in [1.82, 2.24) is 4.98 Å². The first-order valence-corrected chi connectivity index (χ1v) is 6.18. The Hall–Kier alpha value is -3.06. The van der Waals surface area contributed by atoms with Crippen LogP contribution in [-0.4, -0.2) is 4.98 Å². The predicted octanol–water partition coefficient (Wildman–Crippen LogP) is 3.43. The molecule has 0 aliphatic heterocycles. The summed E-state index contributed by atoms with van der Waals surface area (Å²) >= 11 is 0. The first kappa shape index (κ1) is 12.0. The van der Waals surface area contributed by atoms with Crippen molar-refractivity contribution in [2.75, 3.05) is 11.1 Å². The lowest BCUT2D eigenvalue weighted by atomic mass is 10.1. The smallest absolute Gasteiger partial charge is 0.0992 e. The standard InChI is InChI=1S/C16H12N4/c17-9-11-4-3-5-12(8-11)20-16-13-6-1-2-7-15(13)19-10-14(16)18/h1-8,10H,18H2,(H,19,20). The first-order chi connectivity index (χ1) is 9.78. The van der Waals surface area contributed by atoms with Gasteiger partial charge < -0.3 is 11.1 Å². The molecule has 96 valence electrons. The van der Waals surface area contributed by atoms with Crippen LogP contribution in [0, 0.1) is 11.3 Å². The van der Waals surface area contributed by atoms with Crippen molar-refractivity contribution in [2.24, 2.45) is 0 Å². The molecule has 0 aliphatic rings. The predicted molar refractivity (Wildman–Crippen MR) is 80.6 cm³/mol. The molecule has 4 nitrogen and oxygen atoms in total. The van der Waals surface area contributed by atoms with Gasteiger partial charge in [0.2, 0.25) is 0 Å². The summed E-state index contributed by atoms with van der Waals surface area (Å²) in [7, 11) is 0. The molecule has 0 fully saturated rings. The van der Waals surface area contributed by atoms with E-state index in [0.29, 0.717) is 11.3 Å². The van der Waals surface area contributed by atoms with Gasteiger partial charge in [-0.1, -0.05) is 24.3 Å². The number of hydrogen-bond donors (Lipinski definition) is 2. The zero-order valence-corrected chi connectivity index (χ0v) is 10.7. The number of benzene rings is 2. The summed E-state index contributed by atoms with van der Waals surface area (Å²) in [5.74, 6) is 0. The van der Waals surface area contributed by atoms with Crippen LogP contribution in [0.2, 0.25) is 0 Å². The lowest BCUT2D eigenvalue weighted by Gasteiger charge is -2.12. The maximum absolute atomic E-state index is 8.94. The monoisotopic (exact) mass is 260 g/mol. The van der Waals surface area contributed by atoms with Crippen molar-refractivity contribution < 1.29 is 0 Å². The van der Waals surface area contributed by atoms with Crippen LogP contribution in [0.15, 0.2) is 54.7 Å². The van der Waals surface area contributed by atoms with Crippen molar-refractivity contribution in [2.45, 2.75) is 0 Å². The number of rotatable bonds is 2. The van der Waals surface area contributed by atoms with E-state index in [1.54, 1.807) is 18.3 Å². The van der Waals surface area contributed by atoms with E-state index in [-0.39, 0.29) is 0 Å². The second-order valence-corrected chi connectivity index (χ2v) is 4.42. The number of anilines is 3. The first-order valence-electron chi connectivity index (χ1n) is 6.18. The molecule has 20 heavy (non-hydrogen) atoms. The Bertz CT molecular complexity index is 818. The fourth-order valence-corrected chi connectivity index (χ4v) is 2.11. The molecule has 0 saturated carbocycles. The third-order valence-electron chi connectivity index (χ3n) is 3.07. The molecule has 0 radical (unpaired) electrons. The van der Waals surface area contributed by atoms with Crippen LogP contribution in [0.4, 0.5) is 17.1 Å². The van der Waals surface area contributed by atoms with Gasteiger partial charge in [0.1, 0.15) is 0 Å². The zero-order valence-electron chi connectivity index (χ0n) is 10.7. The summed E-state index contributed by atoms with van der Waals surface area (Å²) in [6, 6.07) is 17.2. The summed E-state index contributed by atoms with van der Waals surface area (Å²) < 4.78 is 0. The van der Waals surface area contributed by atoms with Crippen molar-refractivity contribution in [3.63, 3.8) is 0 Å². The maximum atomic E-state index is 8.94. The van der Waals surface area contributed by atoms with Gasteiger partial charge in [0.05, 0.1) is 34.7 Å². The molecule has 0 atom stereocenters. The lowest BCUT2D eigenvalue weighted by molar-refractivity contribution is 1.40.